The molecular weight excluding hydrogens is 235 g/mol. The van der Waals surface area contributed by atoms with Gasteiger partial charge in [0.1, 0.15) is 6.61 Å². The molecule has 0 fully saturated rings. The summed E-state index contributed by atoms with van der Waals surface area (Å²) in [6, 6.07) is 9.89. The maximum Gasteiger partial charge on any atom is 0.698 e. The van der Waals surface area contributed by atoms with Crippen molar-refractivity contribution in [3.8, 4) is 0 Å². The lowest BCUT2D eigenvalue weighted by Gasteiger charge is -2.25. The van der Waals surface area contributed by atoms with Crippen molar-refractivity contribution in [3.63, 3.8) is 0 Å². The van der Waals surface area contributed by atoms with Crippen LogP contribution in [0, 0.1) is 0 Å². The molecule has 0 saturated carbocycles. The third-order valence-corrected chi connectivity index (χ3v) is 3.89. The molecule has 4 heteroatoms. The summed E-state index contributed by atoms with van der Waals surface area (Å²) in [6.45, 7) is 6.27. The van der Waals surface area contributed by atoms with Crippen LogP contribution in [-0.4, -0.2) is 6.61 Å². The smallest absolute Gasteiger partial charge is 0.119 e. The Kier molecular flexibility index (Phi) is 5.76. The van der Waals surface area contributed by atoms with E-state index in [1.807, 2.05) is 44.2 Å². The molecule has 0 radical (unpaired) electrons. The van der Waals surface area contributed by atoms with Crippen LogP contribution in [0.15, 0.2) is 30.3 Å². The normalized spacial score (nSPS) is 12.5. The predicted octanol–water partition coefficient (Wildman–Crippen LogP) is 4.41. The Morgan fingerprint density at radius 2 is 1.71 bits per heavy atom. The highest BCUT2D eigenvalue weighted by Gasteiger charge is 2.40. The Hall–Kier alpha value is -0.760. The average Bonchev–Trinajstić information content (AvgIpc) is 2.37. The number of hydrogen-bond donors (Lipinski definition) is 0. The largest absolute Gasteiger partial charge is 0.698 e. The summed E-state index contributed by atoms with van der Waals surface area (Å²) in [5, 5.41) is 0. The third kappa shape index (κ3) is 3.60. The highest BCUT2D eigenvalue weighted by atomic mass is 31.1. The fraction of sp³-hybridized carbons (Fsp3) is 0.538. The van der Waals surface area contributed by atoms with E-state index in [1.165, 1.54) is 0 Å². The van der Waals surface area contributed by atoms with Crippen molar-refractivity contribution in [3.05, 3.63) is 35.9 Å². The van der Waals surface area contributed by atoms with Crippen LogP contribution in [0.5, 0.6) is 0 Å². The van der Waals surface area contributed by atoms with E-state index in [0.717, 1.165) is 18.4 Å². The molecule has 0 spiro atoms. The molecule has 1 atom stereocenters. The summed E-state index contributed by atoms with van der Waals surface area (Å²) >= 11 is 0. The molecule has 0 bridgehead atoms. The first-order chi connectivity index (χ1) is 8.18. The molecule has 0 N–H and O–H groups in total. The van der Waals surface area contributed by atoms with E-state index < -0.39 is 13.9 Å². The topological polar surface area (TPSA) is 35.5 Å². The van der Waals surface area contributed by atoms with Gasteiger partial charge >= 0.3 is 8.25 Å². The first-order valence-corrected chi connectivity index (χ1v) is 7.13. The van der Waals surface area contributed by atoms with Crippen LogP contribution in [0.2, 0.25) is 0 Å². The predicted molar refractivity (Wildman–Crippen MR) is 69.0 cm³/mol. The first-order valence-electron chi connectivity index (χ1n) is 6.03. The summed E-state index contributed by atoms with van der Waals surface area (Å²) < 4.78 is 22.3. The van der Waals surface area contributed by atoms with Gasteiger partial charge in [-0.15, -0.1) is 9.05 Å². The van der Waals surface area contributed by atoms with Gasteiger partial charge in [0.2, 0.25) is 0 Å². The van der Waals surface area contributed by atoms with Gasteiger partial charge in [0.05, 0.1) is 0 Å². The van der Waals surface area contributed by atoms with Gasteiger partial charge in [0.25, 0.3) is 0 Å². The number of hydrogen-bond acceptors (Lipinski definition) is 3. The van der Waals surface area contributed by atoms with Gasteiger partial charge in [-0.1, -0.05) is 44.2 Å². The molecule has 0 amide bonds. The molecule has 0 aliphatic heterocycles. The van der Waals surface area contributed by atoms with Gasteiger partial charge in [0, 0.05) is 4.57 Å². The van der Waals surface area contributed by atoms with Crippen LogP contribution < -0.4 is 0 Å². The lowest BCUT2D eigenvalue weighted by molar-refractivity contribution is 0.0461. The van der Waals surface area contributed by atoms with Crippen LogP contribution in [0.25, 0.3) is 0 Å². The molecule has 1 aromatic rings. The zero-order valence-corrected chi connectivity index (χ0v) is 11.6. The van der Waals surface area contributed by atoms with Crippen molar-refractivity contribution < 1.29 is 13.6 Å². The molecule has 0 heterocycles. The Labute approximate surface area is 104 Å². The van der Waals surface area contributed by atoms with Crippen molar-refractivity contribution in [1.82, 2.24) is 0 Å². The lowest BCUT2D eigenvalue weighted by Crippen LogP contribution is -2.25. The average molecular weight is 255 g/mol. The Morgan fingerprint density at radius 1 is 1.12 bits per heavy atom. The van der Waals surface area contributed by atoms with Crippen LogP contribution in [0.4, 0.5) is 0 Å². The van der Waals surface area contributed by atoms with Gasteiger partial charge in [-0.3, -0.25) is 0 Å². The molecular formula is C13H20O3P+. The fourth-order valence-corrected chi connectivity index (χ4v) is 2.77. The van der Waals surface area contributed by atoms with Crippen molar-refractivity contribution >= 4 is 8.25 Å². The van der Waals surface area contributed by atoms with E-state index in [9.17, 15) is 4.57 Å². The molecule has 1 aromatic carbocycles. The quantitative estimate of drug-likeness (QED) is 0.677. The van der Waals surface area contributed by atoms with Gasteiger partial charge < -0.3 is 0 Å². The van der Waals surface area contributed by atoms with E-state index >= 15 is 0 Å². The lowest BCUT2D eigenvalue weighted by atomic mass is 9.89. The first kappa shape index (κ1) is 14.3. The fourth-order valence-electron chi connectivity index (χ4n) is 1.86. The second-order valence-corrected chi connectivity index (χ2v) is 4.69. The maximum absolute atomic E-state index is 11.7. The monoisotopic (exact) mass is 255 g/mol. The standard InChI is InChI=1S/C13H20O3P/c1-4-13(5-2,16-17(14)15-6-3)12-10-8-7-9-11-12/h7-11H,4-6H2,1-3H3/q+1. The van der Waals surface area contributed by atoms with Crippen molar-refractivity contribution in [1.29, 1.82) is 0 Å². The van der Waals surface area contributed by atoms with Gasteiger partial charge in [0.15, 0.2) is 5.60 Å². The molecule has 0 aliphatic carbocycles. The number of rotatable bonds is 7. The third-order valence-electron chi connectivity index (χ3n) is 2.93. The SMILES string of the molecule is CCO[P+](=O)OC(CC)(CC)c1ccccc1. The van der Waals surface area contributed by atoms with Crippen LogP contribution in [0.3, 0.4) is 0 Å². The molecule has 1 unspecified atom stereocenters. The van der Waals surface area contributed by atoms with E-state index in [-0.39, 0.29) is 0 Å². The Balaban J connectivity index is 2.93. The zero-order valence-electron chi connectivity index (χ0n) is 10.7. The summed E-state index contributed by atoms with van der Waals surface area (Å²) in [6.07, 6.45) is 1.53. The molecule has 0 aromatic heterocycles. The minimum Gasteiger partial charge on any atom is -0.119 e. The van der Waals surface area contributed by atoms with E-state index in [4.69, 9.17) is 9.05 Å². The highest BCUT2D eigenvalue weighted by molar-refractivity contribution is 7.33. The minimum absolute atomic E-state index is 0.396. The summed E-state index contributed by atoms with van der Waals surface area (Å²) in [4.78, 5) is 0. The molecule has 3 nitrogen and oxygen atoms in total. The van der Waals surface area contributed by atoms with Crippen LogP contribution in [-0.2, 0) is 19.2 Å². The Bertz CT molecular complexity index is 347. The second-order valence-electron chi connectivity index (χ2n) is 3.80. The van der Waals surface area contributed by atoms with Crippen LogP contribution >= 0.6 is 8.25 Å². The molecule has 1 rings (SSSR count). The van der Waals surface area contributed by atoms with Crippen molar-refractivity contribution in [2.45, 2.75) is 39.2 Å². The van der Waals surface area contributed by atoms with Gasteiger partial charge in [-0.05, 0) is 25.3 Å². The van der Waals surface area contributed by atoms with Crippen LogP contribution in [0.1, 0.15) is 39.2 Å². The molecule has 17 heavy (non-hydrogen) atoms. The molecule has 0 saturated heterocycles. The van der Waals surface area contributed by atoms with Crippen molar-refractivity contribution in [2.24, 2.45) is 0 Å². The van der Waals surface area contributed by atoms with E-state index in [0.29, 0.717) is 6.61 Å². The highest BCUT2D eigenvalue weighted by Crippen LogP contribution is 2.42. The molecule has 0 aliphatic rings. The molecule has 94 valence electrons. The van der Waals surface area contributed by atoms with Crippen molar-refractivity contribution in [2.75, 3.05) is 6.61 Å². The number of benzene rings is 1. The van der Waals surface area contributed by atoms with Gasteiger partial charge in [-0.2, -0.15) is 0 Å². The summed E-state index contributed by atoms with van der Waals surface area (Å²) in [5.74, 6) is 0. The summed E-state index contributed by atoms with van der Waals surface area (Å²) in [5.41, 5.74) is 0.539. The van der Waals surface area contributed by atoms with E-state index in [1.54, 1.807) is 6.92 Å². The summed E-state index contributed by atoms with van der Waals surface area (Å²) in [7, 11) is -2.05. The zero-order chi connectivity index (χ0) is 12.7. The van der Waals surface area contributed by atoms with E-state index in [2.05, 4.69) is 0 Å². The van der Waals surface area contributed by atoms with Gasteiger partial charge in [-0.25, -0.2) is 0 Å². The second kappa shape index (κ2) is 6.85. The minimum atomic E-state index is -2.05. The maximum atomic E-state index is 11.7. The Morgan fingerprint density at radius 3 is 2.18 bits per heavy atom.